The van der Waals surface area contributed by atoms with Crippen LogP contribution in [0.25, 0.3) is 0 Å². The van der Waals surface area contributed by atoms with Crippen molar-refractivity contribution in [3.63, 3.8) is 0 Å². The van der Waals surface area contributed by atoms with Crippen LogP contribution >= 0.6 is 11.8 Å². The Morgan fingerprint density at radius 2 is 2.29 bits per heavy atom. The van der Waals surface area contributed by atoms with Crippen molar-refractivity contribution in [3.05, 3.63) is 24.3 Å². The summed E-state index contributed by atoms with van der Waals surface area (Å²) in [5.41, 5.74) is 6.74. The first kappa shape index (κ1) is 12.5. The van der Waals surface area contributed by atoms with Crippen molar-refractivity contribution in [2.75, 3.05) is 17.2 Å². The number of anilines is 1. The summed E-state index contributed by atoms with van der Waals surface area (Å²) in [4.78, 5) is 15.2. The number of amides is 1. The number of hydrogen-bond donors (Lipinski definition) is 1. The van der Waals surface area contributed by atoms with Gasteiger partial charge >= 0.3 is 0 Å². The van der Waals surface area contributed by atoms with E-state index in [2.05, 4.69) is 6.07 Å². The first-order valence-electron chi connectivity index (χ1n) is 5.96. The van der Waals surface area contributed by atoms with Gasteiger partial charge < -0.3 is 10.6 Å². The Bertz CT molecular complexity index is 406. The fourth-order valence-electron chi connectivity index (χ4n) is 1.91. The van der Waals surface area contributed by atoms with E-state index in [9.17, 15) is 4.79 Å². The zero-order valence-corrected chi connectivity index (χ0v) is 10.9. The number of hydrogen-bond acceptors (Lipinski definition) is 3. The van der Waals surface area contributed by atoms with Crippen LogP contribution in [0.4, 0.5) is 5.69 Å². The molecule has 4 heteroatoms. The highest BCUT2D eigenvalue weighted by Gasteiger charge is 2.22. The van der Waals surface area contributed by atoms with Crippen molar-refractivity contribution < 1.29 is 4.79 Å². The van der Waals surface area contributed by atoms with Crippen LogP contribution in [0.15, 0.2) is 29.2 Å². The summed E-state index contributed by atoms with van der Waals surface area (Å²) in [6.45, 7) is 2.74. The number of nitrogens with zero attached hydrogens (tertiary/aromatic N) is 1. The van der Waals surface area contributed by atoms with Crippen LogP contribution in [0, 0.1) is 0 Å². The van der Waals surface area contributed by atoms with Crippen LogP contribution < -0.4 is 10.6 Å². The Balaban J connectivity index is 2.10. The third-order valence-electron chi connectivity index (χ3n) is 2.84. The van der Waals surface area contributed by atoms with Crippen molar-refractivity contribution in [1.29, 1.82) is 0 Å². The highest BCUT2D eigenvalue weighted by molar-refractivity contribution is 7.99. The summed E-state index contributed by atoms with van der Waals surface area (Å²) in [6, 6.07) is 8.18. The molecule has 2 rings (SSSR count). The third-order valence-corrected chi connectivity index (χ3v) is 3.89. The molecule has 0 aromatic heterocycles. The van der Waals surface area contributed by atoms with E-state index in [1.807, 2.05) is 41.8 Å². The van der Waals surface area contributed by atoms with Gasteiger partial charge in [0.15, 0.2) is 0 Å². The Morgan fingerprint density at radius 1 is 1.53 bits per heavy atom. The van der Waals surface area contributed by atoms with E-state index in [4.69, 9.17) is 5.73 Å². The van der Waals surface area contributed by atoms with Gasteiger partial charge in [-0.1, -0.05) is 12.1 Å². The van der Waals surface area contributed by atoms with Crippen LogP contribution in [0.3, 0.4) is 0 Å². The maximum absolute atomic E-state index is 12.1. The number of para-hydroxylation sites is 1. The van der Waals surface area contributed by atoms with E-state index in [0.717, 1.165) is 24.4 Å². The van der Waals surface area contributed by atoms with E-state index < -0.39 is 0 Å². The number of fused-ring (bicyclic) bond motifs is 1. The second-order valence-corrected chi connectivity index (χ2v) is 5.51. The molecule has 1 atom stereocenters. The number of rotatable bonds is 3. The van der Waals surface area contributed by atoms with Crippen LogP contribution in [-0.4, -0.2) is 24.2 Å². The molecule has 1 aromatic carbocycles. The van der Waals surface area contributed by atoms with Crippen molar-refractivity contribution in [2.24, 2.45) is 5.73 Å². The standard InChI is InChI=1S/C13H18N2OS/c1-10(14)6-7-13(16)15-8-9-17-12-5-3-2-4-11(12)15/h2-5,10H,6-9,14H2,1H3. The molecule has 1 aliphatic heterocycles. The largest absolute Gasteiger partial charge is 0.328 e. The molecule has 1 amide bonds. The van der Waals surface area contributed by atoms with Gasteiger partial charge in [-0.25, -0.2) is 0 Å². The Kier molecular flexibility index (Phi) is 4.07. The van der Waals surface area contributed by atoms with Crippen LogP contribution in [0.5, 0.6) is 0 Å². The molecular weight excluding hydrogens is 232 g/mol. The normalized spacial score (nSPS) is 16.5. The van der Waals surface area contributed by atoms with Gasteiger partial charge in [0.25, 0.3) is 0 Å². The summed E-state index contributed by atoms with van der Waals surface area (Å²) >= 11 is 1.82. The molecule has 0 saturated carbocycles. The zero-order valence-electron chi connectivity index (χ0n) is 10.1. The molecule has 17 heavy (non-hydrogen) atoms. The predicted molar refractivity (Wildman–Crippen MR) is 72.4 cm³/mol. The molecule has 1 aliphatic rings. The zero-order chi connectivity index (χ0) is 12.3. The summed E-state index contributed by atoms with van der Waals surface area (Å²) in [7, 11) is 0. The van der Waals surface area contributed by atoms with Crippen LogP contribution in [-0.2, 0) is 4.79 Å². The number of thioether (sulfide) groups is 1. The van der Waals surface area contributed by atoms with E-state index in [0.29, 0.717) is 6.42 Å². The quantitative estimate of drug-likeness (QED) is 0.895. The van der Waals surface area contributed by atoms with Gasteiger partial charge in [0, 0.05) is 29.7 Å². The maximum Gasteiger partial charge on any atom is 0.227 e. The highest BCUT2D eigenvalue weighted by Crippen LogP contribution is 2.34. The summed E-state index contributed by atoms with van der Waals surface area (Å²) in [5.74, 6) is 1.16. The van der Waals surface area contributed by atoms with Crippen molar-refractivity contribution in [3.8, 4) is 0 Å². The average Bonchev–Trinajstić information content (AvgIpc) is 2.35. The smallest absolute Gasteiger partial charge is 0.227 e. The van der Waals surface area contributed by atoms with Gasteiger partial charge in [-0.15, -0.1) is 11.8 Å². The number of carbonyl (C=O) groups excluding carboxylic acids is 1. The van der Waals surface area contributed by atoms with Gasteiger partial charge in [-0.05, 0) is 25.5 Å². The topological polar surface area (TPSA) is 46.3 Å². The van der Waals surface area contributed by atoms with Crippen LogP contribution in [0.1, 0.15) is 19.8 Å². The Hall–Kier alpha value is -1.00. The minimum absolute atomic E-state index is 0.0911. The molecule has 0 radical (unpaired) electrons. The van der Waals surface area contributed by atoms with Gasteiger partial charge in [-0.2, -0.15) is 0 Å². The lowest BCUT2D eigenvalue weighted by Crippen LogP contribution is -2.36. The fraction of sp³-hybridized carbons (Fsp3) is 0.462. The van der Waals surface area contributed by atoms with Gasteiger partial charge in [0.1, 0.15) is 0 Å². The van der Waals surface area contributed by atoms with Crippen molar-refractivity contribution >= 4 is 23.4 Å². The van der Waals surface area contributed by atoms with Gasteiger partial charge in [-0.3, -0.25) is 4.79 Å². The number of carbonyl (C=O) groups is 1. The van der Waals surface area contributed by atoms with Crippen molar-refractivity contribution in [1.82, 2.24) is 0 Å². The summed E-state index contributed by atoms with van der Waals surface area (Å²) in [6.07, 6.45) is 1.29. The number of benzene rings is 1. The average molecular weight is 250 g/mol. The molecule has 0 saturated heterocycles. The molecule has 92 valence electrons. The second-order valence-electron chi connectivity index (χ2n) is 4.38. The molecule has 1 unspecified atom stereocenters. The molecule has 0 bridgehead atoms. The monoisotopic (exact) mass is 250 g/mol. The molecule has 1 heterocycles. The lowest BCUT2D eigenvalue weighted by atomic mass is 10.1. The minimum atomic E-state index is 0.0911. The lowest BCUT2D eigenvalue weighted by Gasteiger charge is -2.29. The van der Waals surface area contributed by atoms with Gasteiger partial charge in [0.2, 0.25) is 5.91 Å². The summed E-state index contributed by atoms with van der Waals surface area (Å²) < 4.78 is 0. The van der Waals surface area contributed by atoms with Gasteiger partial charge in [0.05, 0.1) is 5.69 Å². The Labute approximate surface area is 106 Å². The molecule has 1 aromatic rings. The fourth-order valence-corrected chi connectivity index (χ4v) is 2.91. The van der Waals surface area contributed by atoms with E-state index >= 15 is 0 Å². The lowest BCUT2D eigenvalue weighted by molar-refractivity contribution is -0.118. The molecular formula is C13H18N2OS. The highest BCUT2D eigenvalue weighted by atomic mass is 32.2. The van der Waals surface area contributed by atoms with Crippen LogP contribution in [0.2, 0.25) is 0 Å². The first-order chi connectivity index (χ1) is 8.18. The first-order valence-corrected chi connectivity index (χ1v) is 6.95. The molecule has 2 N–H and O–H groups in total. The molecule has 0 aliphatic carbocycles. The van der Waals surface area contributed by atoms with Crippen molar-refractivity contribution in [2.45, 2.75) is 30.7 Å². The minimum Gasteiger partial charge on any atom is -0.328 e. The summed E-state index contributed by atoms with van der Waals surface area (Å²) in [5, 5.41) is 0. The molecule has 0 spiro atoms. The van der Waals surface area contributed by atoms with E-state index in [1.165, 1.54) is 4.90 Å². The van der Waals surface area contributed by atoms with E-state index in [-0.39, 0.29) is 11.9 Å². The van der Waals surface area contributed by atoms with E-state index in [1.54, 1.807) is 0 Å². The second kappa shape index (κ2) is 5.56. The molecule has 0 fully saturated rings. The predicted octanol–water partition coefficient (Wildman–Crippen LogP) is 2.25. The third kappa shape index (κ3) is 3.01. The SMILES string of the molecule is CC(N)CCC(=O)N1CCSc2ccccc21. The maximum atomic E-state index is 12.1. The Morgan fingerprint density at radius 3 is 3.06 bits per heavy atom. The molecule has 3 nitrogen and oxygen atoms in total. The number of nitrogens with two attached hydrogens (primary N) is 1.